The van der Waals surface area contributed by atoms with E-state index < -0.39 is 24.6 Å². The Morgan fingerprint density at radius 3 is 2.80 bits per heavy atom. The summed E-state index contributed by atoms with van der Waals surface area (Å²) in [4.78, 5) is 2.52. The number of azide groups is 1. The predicted octanol–water partition coefficient (Wildman–Crippen LogP) is -1.25. The molecule has 15 heavy (non-hydrogen) atoms. The molecule has 0 spiro atoms. The zero-order valence-electron chi connectivity index (χ0n) is 7.93. The molecule has 0 unspecified atom stereocenters. The van der Waals surface area contributed by atoms with E-state index in [0.29, 0.717) is 0 Å². The van der Waals surface area contributed by atoms with Gasteiger partial charge in [-0.3, -0.25) is 0 Å². The molecule has 3 N–H and O–H groups in total. The molecule has 0 radical (unpaired) electrons. The van der Waals surface area contributed by atoms with Gasteiger partial charge in [0.1, 0.15) is 18.3 Å². The second-order valence-corrected chi connectivity index (χ2v) is 3.08. The molecule has 0 saturated carbocycles. The highest BCUT2D eigenvalue weighted by Gasteiger charge is 2.37. The fourth-order valence-electron chi connectivity index (χ4n) is 1.18. The molecule has 8 nitrogen and oxygen atoms in total. The molecular weight excluding hydrogens is 206 g/mol. The highest BCUT2D eigenvalue weighted by molar-refractivity contribution is 4.82. The Hall–Kier alpha value is -0.890. The fraction of sp³-hybridized carbons (Fsp3) is 1.00. The molecule has 1 saturated heterocycles. The molecule has 1 aliphatic heterocycles. The van der Waals surface area contributed by atoms with Gasteiger partial charge in [-0.2, -0.15) is 0 Å². The molecule has 0 aliphatic carbocycles. The summed E-state index contributed by atoms with van der Waals surface area (Å²) >= 11 is 0. The maximum atomic E-state index is 9.40. The maximum absolute atomic E-state index is 9.40. The van der Waals surface area contributed by atoms with E-state index in [9.17, 15) is 10.2 Å². The summed E-state index contributed by atoms with van der Waals surface area (Å²) in [6.07, 6.45) is -4.71. The standard InChI is InChI=1S/C7H13N3O5/c8-10-9-1-2-14-7-6(13)5(12)4(11)3-15-7/h4-7,11-13H,1-3H2/t4-,5-,6+,7+/m1/s1. The van der Waals surface area contributed by atoms with Crippen molar-refractivity contribution in [2.75, 3.05) is 19.8 Å². The van der Waals surface area contributed by atoms with Crippen LogP contribution in [0.5, 0.6) is 0 Å². The van der Waals surface area contributed by atoms with Gasteiger partial charge in [-0.15, -0.1) is 0 Å². The largest absolute Gasteiger partial charge is 0.388 e. The van der Waals surface area contributed by atoms with Gasteiger partial charge in [0.05, 0.1) is 13.2 Å². The molecule has 0 bridgehead atoms. The molecule has 8 heteroatoms. The van der Waals surface area contributed by atoms with E-state index in [1.54, 1.807) is 0 Å². The van der Waals surface area contributed by atoms with Crippen LogP contribution in [-0.4, -0.2) is 59.7 Å². The van der Waals surface area contributed by atoms with Crippen LogP contribution >= 0.6 is 0 Å². The van der Waals surface area contributed by atoms with Crippen molar-refractivity contribution >= 4 is 0 Å². The van der Waals surface area contributed by atoms with Crippen LogP contribution in [-0.2, 0) is 9.47 Å². The average molecular weight is 219 g/mol. The fourth-order valence-corrected chi connectivity index (χ4v) is 1.18. The highest BCUT2D eigenvalue weighted by Crippen LogP contribution is 2.16. The number of aliphatic hydroxyl groups is 3. The number of hydrogen-bond acceptors (Lipinski definition) is 6. The Morgan fingerprint density at radius 2 is 2.13 bits per heavy atom. The molecule has 1 aliphatic rings. The lowest BCUT2D eigenvalue weighted by Gasteiger charge is -2.34. The van der Waals surface area contributed by atoms with Crippen molar-refractivity contribution in [2.24, 2.45) is 5.11 Å². The van der Waals surface area contributed by atoms with Gasteiger partial charge in [-0.05, 0) is 5.53 Å². The number of nitrogens with zero attached hydrogens (tertiary/aromatic N) is 3. The summed E-state index contributed by atoms with van der Waals surface area (Å²) in [5.74, 6) is 0. The van der Waals surface area contributed by atoms with Crippen molar-refractivity contribution in [3.63, 3.8) is 0 Å². The molecule has 86 valence electrons. The zero-order valence-corrected chi connectivity index (χ0v) is 7.93. The van der Waals surface area contributed by atoms with Crippen molar-refractivity contribution in [3.8, 4) is 0 Å². The molecule has 0 amide bonds. The first-order chi connectivity index (χ1) is 7.16. The van der Waals surface area contributed by atoms with Crippen LogP contribution in [0.1, 0.15) is 0 Å². The summed E-state index contributed by atoms with van der Waals surface area (Å²) in [5, 5.41) is 31.0. The SMILES string of the molecule is [N-]=[N+]=NCCO[C@H]1OC[C@@H](O)[C@@H](O)[C@@H]1O. The normalized spacial score (nSPS) is 35.9. The lowest BCUT2D eigenvalue weighted by Crippen LogP contribution is -2.53. The minimum Gasteiger partial charge on any atom is -0.388 e. The third-order valence-electron chi connectivity index (χ3n) is 1.99. The minimum absolute atomic E-state index is 0.0780. The van der Waals surface area contributed by atoms with Crippen LogP contribution in [0.25, 0.3) is 10.4 Å². The summed E-state index contributed by atoms with van der Waals surface area (Å²) in [6.45, 7) is 0.0841. The predicted molar refractivity (Wildman–Crippen MR) is 47.7 cm³/mol. The van der Waals surface area contributed by atoms with E-state index >= 15 is 0 Å². The molecule has 0 aromatic carbocycles. The van der Waals surface area contributed by atoms with E-state index in [-0.39, 0.29) is 19.8 Å². The smallest absolute Gasteiger partial charge is 0.186 e. The summed E-state index contributed by atoms with van der Waals surface area (Å²) in [6, 6.07) is 0. The van der Waals surface area contributed by atoms with Crippen LogP contribution in [0.3, 0.4) is 0 Å². The van der Waals surface area contributed by atoms with Gasteiger partial charge in [0.25, 0.3) is 0 Å². The van der Waals surface area contributed by atoms with Crippen LogP contribution < -0.4 is 0 Å². The van der Waals surface area contributed by atoms with Crippen LogP contribution in [0.4, 0.5) is 0 Å². The van der Waals surface area contributed by atoms with E-state index in [1.807, 2.05) is 0 Å². The van der Waals surface area contributed by atoms with Crippen LogP contribution in [0.2, 0.25) is 0 Å². The lowest BCUT2D eigenvalue weighted by molar-refractivity contribution is -0.268. The van der Waals surface area contributed by atoms with E-state index in [4.69, 9.17) is 20.1 Å². The first-order valence-corrected chi connectivity index (χ1v) is 4.45. The Kier molecular flexibility index (Phi) is 4.76. The van der Waals surface area contributed by atoms with Crippen molar-refractivity contribution in [3.05, 3.63) is 10.4 Å². The summed E-state index contributed by atoms with van der Waals surface area (Å²) in [7, 11) is 0. The average Bonchev–Trinajstić information content (AvgIpc) is 2.24. The topological polar surface area (TPSA) is 128 Å². The maximum Gasteiger partial charge on any atom is 0.186 e. The van der Waals surface area contributed by atoms with Gasteiger partial charge in [0, 0.05) is 11.5 Å². The summed E-state index contributed by atoms with van der Waals surface area (Å²) in [5.41, 5.74) is 7.98. The quantitative estimate of drug-likeness (QED) is 0.235. The van der Waals surface area contributed by atoms with Gasteiger partial charge >= 0.3 is 0 Å². The van der Waals surface area contributed by atoms with E-state index in [1.165, 1.54) is 0 Å². The molecule has 0 aromatic rings. The number of aliphatic hydroxyl groups excluding tert-OH is 3. The molecule has 4 atom stereocenters. The van der Waals surface area contributed by atoms with Gasteiger partial charge in [-0.1, -0.05) is 5.11 Å². The van der Waals surface area contributed by atoms with Gasteiger partial charge in [-0.25, -0.2) is 0 Å². The first-order valence-electron chi connectivity index (χ1n) is 4.45. The number of ether oxygens (including phenoxy) is 2. The third-order valence-corrected chi connectivity index (χ3v) is 1.99. The Morgan fingerprint density at radius 1 is 1.40 bits per heavy atom. The molecule has 0 aromatic heterocycles. The monoisotopic (exact) mass is 219 g/mol. The highest BCUT2D eigenvalue weighted by atomic mass is 16.7. The number of hydrogen-bond donors (Lipinski definition) is 3. The lowest BCUT2D eigenvalue weighted by atomic mass is 10.1. The van der Waals surface area contributed by atoms with Crippen LogP contribution in [0.15, 0.2) is 5.11 Å². The second-order valence-electron chi connectivity index (χ2n) is 3.08. The van der Waals surface area contributed by atoms with Crippen LogP contribution in [0, 0.1) is 0 Å². The van der Waals surface area contributed by atoms with Gasteiger partial charge in [0.15, 0.2) is 6.29 Å². The molecule has 1 heterocycles. The van der Waals surface area contributed by atoms with Crippen molar-refractivity contribution in [1.82, 2.24) is 0 Å². The third kappa shape index (κ3) is 3.31. The molecule has 1 rings (SSSR count). The zero-order chi connectivity index (χ0) is 11.3. The number of rotatable bonds is 4. The molecular formula is C7H13N3O5. The van der Waals surface area contributed by atoms with Crippen molar-refractivity contribution < 1.29 is 24.8 Å². The Labute approximate surface area is 85.7 Å². The Bertz CT molecular complexity index is 245. The van der Waals surface area contributed by atoms with Gasteiger partial charge < -0.3 is 24.8 Å². The second kappa shape index (κ2) is 5.86. The summed E-state index contributed by atoms with van der Waals surface area (Å²) < 4.78 is 9.94. The van der Waals surface area contributed by atoms with Crippen molar-refractivity contribution in [2.45, 2.75) is 24.6 Å². The first kappa shape index (κ1) is 12.2. The van der Waals surface area contributed by atoms with E-state index in [0.717, 1.165) is 0 Å². The minimum atomic E-state index is -1.31. The van der Waals surface area contributed by atoms with E-state index in [2.05, 4.69) is 10.0 Å². The van der Waals surface area contributed by atoms with Crippen molar-refractivity contribution in [1.29, 1.82) is 0 Å². The molecule has 1 fully saturated rings. The Balaban J connectivity index is 2.32. The van der Waals surface area contributed by atoms with Gasteiger partial charge in [0.2, 0.25) is 0 Å².